The number of carbonyl (C=O) groups excluding carboxylic acids is 1. The van der Waals surface area contributed by atoms with Gasteiger partial charge in [-0.2, -0.15) is 0 Å². The van der Waals surface area contributed by atoms with Gasteiger partial charge in [0.2, 0.25) is 5.91 Å². The molecule has 5 nitrogen and oxygen atoms in total. The molecule has 1 aromatic heterocycles. The van der Waals surface area contributed by atoms with Crippen molar-refractivity contribution in [2.24, 2.45) is 0 Å². The molecule has 2 aromatic rings. The average molecular weight is 270 g/mol. The predicted molar refractivity (Wildman–Crippen MR) is 75.8 cm³/mol. The summed E-state index contributed by atoms with van der Waals surface area (Å²) in [5.74, 6) is 1.98. The van der Waals surface area contributed by atoms with Crippen molar-refractivity contribution < 1.29 is 4.79 Å². The molecule has 0 unspecified atom stereocenters. The fraction of sp³-hybridized carbons (Fsp3) is 0.400. The third-order valence-electron chi connectivity index (χ3n) is 3.60. The van der Waals surface area contributed by atoms with E-state index in [2.05, 4.69) is 14.8 Å². The molecule has 0 spiro atoms. The Kier molecular flexibility index (Phi) is 3.50. The number of hydrogen-bond donors (Lipinski definition) is 0. The Morgan fingerprint density at radius 1 is 1.20 bits per heavy atom. The van der Waals surface area contributed by atoms with E-state index in [1.54, 1.807) is 0 Å². The fourth-order valence-electron chi connectivity index (χ4n) is 2.54. The van der Waals surface area contributed by atoms with E-state index in [1.807, 2.05) is 42.2 Å². The van der Waals surface area contributed by atoms with Gasteiger partial charge in [0.05, 0.1) is 6.54 Å². The van der Waals surface area contributed by atoms with Crippen molar-refractivity contribution in [3.63, 3.8) is 0 Å². The summed E-state index contributed by atoms with van der Waals surface area (Å²) >= 11 is 0. The average Bonchev–Trinajstić information content (AvgIpc) is 2.91. The molecule has 20 heavy (non-hydrogen) atoms. The summed E-state index contributed by atoms with van der Waals surface area (Å²) in [4.78, 5) is 13.8. The number of rotatable bonds is 3. The molecule has 0 atom stereocenters. The molecule has 1 aromatic carbocycles. The van der Waals surface area contributed by atoms with Crippen molar-refractivity contribution in [1.29, 1.82) is 0 Å². The summed E-state index contributed by atoms with van der Waals surface area (Å²) in [6.07, 6.45) is 1.50. The van der Waals surface area contributed by atoms with Gasteiger partial charge in [-0.3, -0.25) is 4.79 Å². The quantitative estimate of drug-likeness (QED) is 0.858. The van der Waals surface area contributed by atoms with Crippen LogP contribution >= 0.6 is 0 Å². The number of nitrogens with zero attached hydrogens (tertiary/aromatic N) is 4. The fourth-order valence-corrected chi connectivity index (χ4v) is 2.54. The second-order valence-corrected chi connectivity index (χ2v) is 5.02. The lowest BCUT2D eigenvalue weighted by atomic mass is 10.2. The van der Waals surface area contributed by atoms with Gasteiger partial charge in [0.25, 0.3) is 0 Å². The Bertz CT molecular complexity index is 606. The summed E-state index contributed by atoms with van der Waals surface area (Å²) < 4.78 is 2.12. The largest absolute Gasteiger partial charge is 0.333 e. The summed E-state index contributed by atoms with van der Waals surface area (Å²) in [5.41, 5.74) is 1.07. The Labute approximate surface area is 118 Å². The van der Waals surface area contributed by atoms with Crippen molar-refractivity contribution in [3.8, 4) is 11.4 Å². The zero-order chi connectivity index (χ0) is 13.9. The van der Waals surface area contributed by atoms with E-state index >= 15 is 0 Å². The van der Waals surface area contributed by atoms with Gasteiger partial charge >= 0.3 is 0 Å². The van der Waals surface area contributed by atoms with Crippen LogP contribution < -0.4 is 0 Å². The second kappa shape index (κ2) is 5.45. The normalized spacial score (nSPS) is 14.2. The Morgan fingerprint density at radius 2 is 2.00 bits per heavy atom. The maximum Gasteiger partial charge on any atom is 0.223 e. The van der Waals surface area contributed by atoms with E-state index in [0.717, 1.165) is 36.7 Å². The SMILES string of the molecule is CCCC(=O)N1CCn2c(nnc2-c2ccccc2)C1. The second-order valence-electron chi connectivity index (χ2n) is 5.02. The standard InChI is InChI=1S/C15H18N4O/c1-2-6-14(20)18-9-10-19-13(11-18)16-17-15(19)12-7-4-3-5-8-12/h3-5,7-8H,2,6,9-11H2,1H3. The zero-order valence-electron chi connectivity index (χ0n) is 11.6. The zero-order valence-corrected chi connectivity index (χ0v) is 11.6. The van der Waals surface area contributed by atoms with Crippen LogP contribution in [0.4, 0.5) is 0 Å². The molecular weight excluding hydrogens is 252 g/mol. The molecule has 1 aliphatic heterocycles. The third-order valence-corrected chi connectivity index (χ3v) is 3.60. The van der Waals surface area contributed by atoms with Crippen LogP contribution in [0.5, 0.6) is 0 Å². The molecule has 0 bridgehead atoms. The topological polar surface area (TPSA) is 51.0 Å². The molecule has 1 amide bonds. The summed E-state index contributed by atoms with van der Waals surface area (Å²) in [6, 6.07) is 10.0. The highest BCUT2D eigenvalue weighted by atomic mass is 16.2. The Balaban J connectivity index is 1.84. The van der Waals surface area contributed by atoms with Gasteiger partial charge in [-0.05, 0) is 6.42 Å². The number of fused-ring (bicyclic) bond motifs is 1. The highest BCUT2D eigenvalue weighted by molar-refractivity contribution is 5.76. The van der Waals surface area contributed by atoms with Crippen LogP contribution in [0, 0.1) is 0 Å². The third kappa shape index (κ3) is 2.31. The molecule has 0 saturated heterocycles. The molecular formula is C15H18N4O. The first-order chi connectivity index (χ1) is 9.79. The van der Waals surface area contributed by atoms with E-state index in [0.29, 0.717) is 13.0 Å². The van der Waals surface area contributed by atoms with Gasteiger partial charge in [0.15, 0.2) is 11.6 Å². The van der Waals surface area contributed by atoms with Crippen molar-refractivity contribution in [1.82, 2.24) is 19.7 Å². The van der Waals surface area contributed by atoms with Gasteiger partial charge in [-0.25, -0.2) is 0 Å². The molecule has 3 rings (SSSR count). The first-order valence-electron chi connectivity index (χ1n) is 7.05. The summed E-state index contributed by atoms with van der Waals surface area (Å²) in [5, 5.41) is 8.53. The number of carbonyl (C=O) groups is 1. The Hall–Kier alpha value is -2.17. The minimum Gasteiger partial charge on any atom is -0.333 e. The van der Waals surface area contributed by atoms with E-state index in [-0.39, 0.29) is 5.91 Å². The molecule has 104 valence electrons. The molecule has 0 radical (unpaired) electrons. The molecule has 0 aliphatic carbocycles. The van der Waals surface area contributed by atoms with Crippen LogP contribution in [-0.4, -0.2) is 32.1 Å². The smallest absolute Gasteiger partial charge is 0.223 e. The monoisotopic (exact) mass is 270 g/mol. The summed E-state index contributed by atoms with van der Waals surface area (Å²) in [7, 11) is 0. The first-order valence-corrected chi connectivity index (χ1v) is 7.05. The predicted octanol–water partition coefficient (Wildman–Crippen LogP) is 2.09. The van der Waals surface area contributed by atoms with Crippen molar-refractivity contribution >= 4 is 5.91 Å². The number of benzene rings is 1. The molecule has 0 saturated carbocycles. The minimum absolute atomic E-state index is 0.211. The molecule has 1 aliphatic rings. The van der Waals surface area contributed by atoms with Gasteiger partial charge in [-0.1, -0.05) is 37.3 Å². The Morgan fingerprint density at radius 3 is 2.75 bits per heavy atom. The lowest BCUT2D eigenvalue weighted by molar-refractivity contribution is -0.132. The van der Waals surface area contributed by atoms with Crippen LogP contribution in [0.15, 0.2) is 30.3 Å². The maximum absolute atomic E-state index is 12.0. The molecule has 0 N–H and O–H groups in total. The number of amides is 1. The first kappa shape index (κ1) is 12.8. The van der Waals surface area contributed by atoms with Crippen LogP contribution in [0.1, 0.15) is 25.6 Å². The van der Waals surface area contributed by atoms with Gasteiger partial charge in [0, 0.05) is 25.1 Å². The maximum atomic E-state index is 12.0. The number of hydrogen-bond acceptors (Lipinski definition) is 3. The van der Waals surface area contributed by atoms with Crippen LogP contribution in [-0.2, 0) is 17.9 Å². The van der Waals surface area contributed by atoms with Gasteiger partial charge in [-0.15, -0.1) is 10.2 Å². The van der Waals surface area contributed by atoms with Gasteiger partial charge < -0.3 is 9.47 Å². The van der Waals surface area contributed by atoms with Crippen molar-refractivity contribution in [2.45, 2.75) is 32.9 Å². The highest BCUT2D eigenvalue weighted by Crippen LogP contribution is 2.21. The molecule has 2 heterocycles. The van der Waals surface area contributed by atoms with E-state index in [9.17, 15) is 4.79 Å². The van der Waals surface area contributed by atoms with Gasteiger partial charge in [0.1, 0.15) is 0 Å². The summed E-state index contributed by atoms with van der Waals surface area (Å²) in [6.45, 7) is 4.10. The van der Waals surface area contributed by atoms with E-state index < -0.39 is 0 Å². The minimum atomic E-state index is 0.211. The van der Waals surface area contributed by atoms with E-state index in [1.165, 1.54) is 0 Å². The van der Waals surface area contributed by atoms with Crippen molar-refractivity contribution in [3.05, 3.63) is 36.2 Å². The van der Waals surface area contributed by atoms with Crippen LogP contribution in [0.25, 0.3) is 11.4 Å². The highest BCUT2D eigenvalue weighted by Gasteiger charge is 2.24. The molecule has 0 fully saturated rings. The lowest BCUT2D eigenvalue weighted by Gasteiger charge is -2.27. The van der Waals surface area contributed by atoms with E-state index in [4.69, 9.17) is 0 Å². The lowest BCUT2D eigenvalue weighted by Crippen LogP contribution is -2.38. The van der Waals surface area contributed by atoms with Crippen molar-refractivity contribution in [2.75, 3.05) is 6.54 Å². The van der Waals surface area contributed by atoms with Crippen LogP contribution in [0.2, 0.25) is 0 Å². The van der Waals surface area contributed by atoms with Crippen LogP contribution in [0.3, 0.4) is 0 Å². The molecule has 5 heteroatoms. The number of aromatic nitrogens is 3.